The van der Waals surface area contributed by atoms with Crippen LogP contribution in [0.2, 0.25) is 0 Å². The van der Waals surface area contributed by atoms with Gasteiger partial charge in [0.15, 0.2) is 5.76 Å². The Morgan fingerprint density at radius 1 is 1.15 bits per heavy atom. The zero-order valence-corrected chi connectivity index (χ0v) is 15.7. The monoisotopic (exact) mass is 372 g/mol. The molecule has 7 heteroatoms. The average molecular weight is 372 g/mol. The maximum Gasteiger partial charge on any atom is 0.289 e. The molecule has 144 valence electrons. The van der Waals surface area contributed by atoms with Crippen molar-refractivity contribution in [2.45, 2.75) is 25.5 Å². The average Bonchev–Trinajstić information content (AvgIpc) is 3.28. The molecule has 0 saturated carbocycles. The van der Waals surface area contributed by atoms with Crippen LogP contribution in [0.5, 0.6) is 5.75 Å². The summed E-state index contributed by atoms with van der Waals surface area (Å²) in [7, 11) is 3.19. The molecule has 7 nitrogen and oxygen atoms in total. The first kappa shape index (κ1) is 19.0. The Labute approximate surface area is 158 Å². The van der Waals surface area contributed by atoms with Crippen molar-refractivity contribution >= 4 is 11.8 Å². The third-order valence-electron chi connectivity index (χ3n) is 4.70. The lowest BCUT2D eigenvalue weighted by Gasteiger charge is -2.19. The van der Waals surface area contributed by atoms with Crippen LogP contribution in [0, 0.1) is 0 Å². The Balaban J connectivity index is 1.78. The quantitative estimate of drug-likeness (QED) is 0.841. The molecule has 1 aliphatic heterocycles. The maximum absolute atomic E-state index is 12.8. The van der Waals surface area contributed by atoms with Gasteiger partial charge in [-0.2, -0.15) is 0 Å². The van der Waals surface area contributed by atoms with Gasteiger partial charge in [0.25, 0.3) is 5.91 Å². The number of hydrogen-bond acceptors (Lipinski definition) is 5. The van der Waals surface area contributed by atoms with Crippen LogP contribution >= 0.6 is 0 Å². The van der Waals surface area contributed by atoms with E-state index in [-0.39, 0.29) is 29.5 Å². The number of rotatable bonds is 6. The highest BCUT2D eigenvalue weighted by Gasteiger charge is 2.37. The Bertz CT molecular complexity index is 799. The van der Waals surface area contributed by atoms with Crippen LogP contribution in [-0.2, 0) is 16.1 Å². The summed E-state index contributed by atoms with van der Waals surface area (Å²) >= 11 is 0. The molecule has 1 aromatic heterocycles. The smallest absolute Gasteiger partial charge is 0.289 e. The Hall–Kier alpha value is -2.80. The summed E-state index contributed by atoms with van der Waals surface area (Å²) in [5.41, 5.74) is 1.05. The van der Waals surface area contributed by atoms with Gasteiger partial charge >= 0.3 is 0 Å². The molecule has 1 aromatic carbocycles. The molecule has 0 aliphatic carbocycles. The molecule has 1 N–H and O–H groups in total. The van der Waals surface area contributed by atoms with Gasteiger partial charge in [0.1, 0.15) is 18.1 Å². The normalized spacial score (nSPS) is 19.1. The number of amides is 2. The second kappa shape index (κ2) is 8.26. The predicted octanol–water partition coefficient (Wildman–Crippen LogP) is 2.18. The van der Waals surface area contributed by atoms with Crippen LogP contribution < -0.4 is 10.1 Å². The number of benzene rings is 1. The van der Waals surface area contributed by atoms with Crippen molar-refractivity contribution in [2.75, 3.05) is 27.3 Å². The molecular weight excluding hydrogens is 348 g/mol. The van der Waals surface area contributed by atoms with E-state index in [1.165, 1.54) is 6.92 Å². The Kier molecular flexibility index (Phi) is 5.81. The molecule has 27 heavy (non-hydrogen) atoms. The van der Waals surface area contributed by atoms with E-state index < -0.39 is 0 Å². The first-order valence-electron chi connectivity index (χ1n) is 8.79. The number of likely N-dealkylation sites (tertiary alicyclic amines) is 1. The van der Waals surface area contributed by atoms with Gasteiger partial charge in [0.2, 0.25) is 5.91 Å². The van der Waals surface area contributed by atoms with Crippen molar-refractivity contribution in [3.8, 4) is 5.75 Å². The largest absolute Gasteiger partial charge is 0.497 e. The number of ether oxygens (including phenoxy) is 2. The highest BCUT2D eigenvalue weighted by atomic mass is 16.5. The van der Waals surface area contributed by atoms with Crippen molar-refractivity contribution < 1.29 is 23.5 Å². The lowest BCUT2D eigenvalue weighted by atomic mass is 9.94. The zero-order chi connectivity index (χ0) is 19.4. The fourth-order valence-electron chi connectivity index (χ4n) is 3.43. The number of nitrogens with one attached hydrogen (secondary N) is 1. The van der Waals surface area contributed by atoms with Gasteiger partial charge in [-0.05, 0) is 29.8 Å². The highest BCUT2D eigenvalue weighted by molar-refractivity contribution is 5.92. The van der Waals surface area contributed by atoms with Crippen molar-refractivity contribution in [3.05, 3.63) is 53.5 Å². The summed E-state index contributed by atoms with van der Waals surface area (Å²) in [4.78, 5) is 26.2. The zero-order valence-electron chi connectivity index (χ0n) is 15.7. The van der Waals surface area contributed by atoms with Crippen LogP contribution in [0.25, 0.3) is 0 Å². The lowest BCUT2D eigenvalue weighted by Crippen LogP contribution is -2.39. The fraction of sp³-hybridized carbons (Fsp3) is 0.400. The van der Waals surface area contributed by atoms with E-state index >= 15 is 0 Å². The summed E-state index contributed by atoms with van der Waals surface area (Å²) in [6.45, 7) is 2.72. The summed E-state index contributed by atoms with van der Waals surface area (Å²) < 4.78 is 15.8. The third kappa shape index (κ3) is 4.31. The molecule has 2 atom stereocenters. The molecule has 3 rings (SSSR count). The minimum atomic E-state index is -0.191. The second-order valence-electron chi connectivity index (χ2n) is 6.60. The number of methoxy groups -OCH3 is 2. The number of carbonyl (C=O) groups is 2. The highest BCUT2D eigenvalue weighted by Crippen LogP contribution is 2.30. The Morgan fingerprint density at radius 2 is 1.89 bits per heavy atom. The third-order valence-corrected chi connectivity index (χ3v) is 4.70. The number of carbonyl (C=O) groups excluding carboxylic acids is 2. The van der Waals surface area contributed by atoms with Crippen LogP contribution in [-0.4, -0.2) is 50.1 Å². The topological polar surface area (TPSA) is 81.0 Å². The lowest BCUT2D eigenvalue weighted by molar-refractivity contribution is -0.119. The minimum Gasteiger partial charge on any atom is -0.497 e. The van der Waals surface area contributed by atoms with E-state index in [0.717, 1.165) is 11.3 Å². The molecule has 2 amide bonds. The van der Waals surface area contributed by atoms with E-state index in [2.05, 4.69) is 5.32 Å². The van der Waals surface area contributed by atoms with Crippen molar-refractivity contribution in [3.63, 3.8) is 0 Å². The molecule has 0 bridgehead atoms. The van der Waals surface area contributed by atoms with E-state index in [0.29, 0.717) is 25.5 Å². The van der Waals surface area contributed by atoms with Crippen LogP contribution in [0.4, 0.5) is 0 Å². The predicted molar refractivity (Wildman–Crippen MR) is 98.7 cm³/mol. The standard InChI is InChI=1S/C20H24N2O5/c1-13(23)21-18-11-22(20(24)19-9-8-16(27-19)12-25-2)10-17(18)14-4-6-15(26-3)7-5-14/h4-9,17-18H,10-12H2,1-3H3,(H,21,23)/t17-,18+/m0/s1. The summed E-state index contributed by atoms with van der Waals surface area (Å²) in [5.74, 6) is 1.33. The summed E-state index contributed by atoms with van der Waals surface area (Å²) in [6.07, 6.45) is 0. The molecule has 0 radical (unpaired) electrons. The molecule has 2 heterocycles. The summed E-state index contributed by atoms with van der Waals surface area (Å²) in [6, 6.07) is 10.9. The maximum atomic E-state index is 12.8. The van der Waals surface area contributed by atoms with E-state index in [9.17, 15) is 9.59 Å². The van der Waals surface area contributed by atoms with Gasteiger partial charge in [0, 0.05) is 33.0 Å². The SMILES string of the molecule is COCc1ccc(C(=O)N2C[C@@H](NC(C)=O)[C@H](c3ccc(OC)cc3)C2)o1. The first-order valence-corrected chi connectivity index (χ1v) is 8.79. The second-order valence-corrected chi connectivity index (χ2v) is 6.60. The number of hydrogen-bond donors (Lipinski definition) is 1. The van der Waals surface area contributed by atoms with Crippen molar-refractivity contribution in [2.24, 2.45) is 0 Å². The first-order chi connectivity index (χ1) is 13.0. The van der Waals surface area contributed by atoms with Crippen LogP contribution in [0.1, 0.15) is 34.7 Å². The summed E-state index contributed by atoms with van der Waals surface area (Å²) in [5, 5.41) is 2.97. The van der Waals surface area contributed by atoms with E-state index in [1.807, 2.05) is 24.3 Å². The Morgan fingerprint density at radius 3 is 2.52 bits per heavy atom. The van der Waals surface area contributed by atoms with E-state index in [1.54, 1.807) is 31.3 Å². The van der Waals surface area contributed by atoms with E-state index in [4.69, 9.17) is 13.9 Å². The molecule has 1 saturated heterocycles. The molecular formula is C20H24N2O5. The minimum absolute atomic E-state index is 0.00263. The number of nitrogens with zero attached hydrogens (tertiary/aromatic N) is 1. The van der Waals surface area contributed by atoms with Gasteiger partial charge in [-0.15, -0.1) is 0 Å². The molecule has 1 aliphatic rings. The number of furan rings is 1. The molecule has 1 fully saturated rings. The van der Waals surface area contributed by atoms with Crippen LogP contribution in [0.3, 0.4) is 0 Å². The molecule has 0 unspecified atom stereocenters. The van der Waals surface area contributed by atoms with Gasteiger partial charge in [0.05, 0.1) is 13.2 Å². The van der Waals surface area contributed by atoms with Crippen LogP contribution in [0.15, 0.2) is 40.8 Å². The molecule has 0 spiro atoms. The van der Waals surface area contributed by atoms with Gasteiger partial charge in [-0.25, -0.2) is 0 Å². The molecule has 2 aromatic rings. The fourth-order valence-corrected chi connectivity index (χ4v) is 3.43. The van der Waals surface area contributed by atoms with Crippen molar-refractivity contribution in [1.29, 1.82) is 0 Å². The van der Waals surface area contributed by atoms with Gasteiger partial charge in [-0.1, -0.05) is 12.1 Å². The van der Waals surface area contributed by atoms with Gasteiger partial charge < -0.3 is 24.1 Å². The van der Waals surface area contributed by atoms with Crippen molar-refractivity contribution in [1.82, 2.24) is 10.2 Å². The van der Waals surface area contributed by atoms with Gasteiger partial charge in [-0.3, -0.25) is 9.59 Å².